The molecule has 0 amide bonds. The van der Waals surface area contributed by atoms with Crippen LogP contribution in [0.5, 0.6) is 0 Å². The summed E-state index contributed by atoms with van der Waals surface area (Å²) in [7, 11) is 0. The molecular formula is C48H40N4. The lowest BCUT2D eigenvalue weighted by atomic mass is 9.72. The molecule has 252 valence electrons. The van der Waals surface area contributed by atoms with Gasteiger partial charge in [0.1, 0.15) is 5.69 Å². The predicted octanol–water partition coefficient (Wildman–Crippen LogP) is 11.4. The van der Waals surface area contributed by atoms with E-state index < -0.39 is 0 Å². The summed E-state index contributed by atoms with van der Waals surface area (Å²) in [6.45, 7) is 9.32. The van der Waals surface area contributed by atoms with Crippen molar-refractivity contribution in [2.75, 3.05) is 0 Å². The Morgan fingerprint density at radius 1 is 0.500 bits per heavy atom. The second-order valence-corrected chi connectivity index (χ2v) is 15.2. The van der Waals surface area contributed by atoms with Crippen molar-refractivity contribution in [2.45, 2.75) is 64.2 Å². The van der Waals surface area contributed by atoms with E-state index in [-0.39, 0.29) is 10.8 Å². The highest BCUT2D eigenvalue weighted by molar-refractivity contribution is 5.89. The van der Waals surface area contributed by atoms with E-state index in [1.165, 1.54) is 66.8 Å². The monoisotopic (exact) mass is 672 g/mol. The van der Waals surface area contributed by atoms with Gasteiger partial charge in [0.25, 0.3) is 0 Å². The zero-order chi connectivity index (χ0) is 35.2. The minimum absolute atomic E-state index is 0.0304. The molecule has 4 heteroatoms. The fourth-order valence-corrected chi connectivity index (χ4v) is 9.67. The summed E-state index contributed by atoms with van der Waals surface area (Å²) >= 11 is 0. The minimum Gasteiger partial charge on any atom is -0.253 e. The molecular weight excluding hydrogens is 633 g/mol. The van der Waals surface area contributed by atoms with Crippen molar-refractivity contribution in [3.8, 4) is 67.7 Å². The number of aromatic nitrogens is 4. The maximum absolute atomic E-state index is 5.27. The van der Waals surface area contributed by atoms with Gasteiger partial charge in [0, 0.05) is 28.2 Å². The van der Waals surface area contributed by atoms with Gasteiger partial charge in [-0.05, 0) is 117 Å². The Hall–Kier alpha value is -5.74. The average molecular weight is 673 g/mol. The third kappa shape index (κ3) is 4.33. The van der Waals surface area contributed by atoms with Crippen molar-refractivity contribution in [3.63, 3.8) is 0 Å². The fraction of sp³-hybridized carbons (Fsp3) is 0.208. The molecule has 0 saturated carbocycles. The van der Waals surface area contributed by atoms with E-state index in [1.807, 2.05) is 18.2 Å². The lowest BCUT2D eigenvalue weighted by Gasteiger charge is -2.31. The molecule has 0 N–H and O–H groups in total. The van der Waals surface area contributed by atoms with Crippen LogP contribution in [0.25, 0.3) is 67.7 Å². The highest BCUT2D eigenvalue weighted by Gasteiger charge is 2.41. The molecule has 0 fully saturated rings. The van der Waals surface area contributed by atoms with Crippen molar-refractivity contribution in [1.29, 1.82) is 0 Å². The van der Waals surface area contributed by atoms with Crippen molar-refractivity contribution < 1.29 is 0 Å². The van der Waals surface area contributed by atoms with Crippen molar-refractivity contribution in [2.24, 2.45) is 0 Å². The highest BCUT2D eigenvalue weighted by Crippen LogP contribution is 2.55. The minimum atomic E-state index is -0.123. The third-order valence-corrected chi connectivity index (χ3v) is 12.4. The maximum Gasteiger partial charge on any atom is 0.182 e. The summed E-state index contributed by atoms with van der Waals surface area (Å²) in [5.74, 6) is 1.95. The summed E-state index contributed by atoms with van der Waals surface area (Å²) in [6, 6.07) is 42.1. The standard InChI is InChI=1S/C48H40N4/c1-5-48(6-2)40-19-10-8-15-34(40)38-26-29-21-23-32-31(37(29)28-42(38)48)16-13-17-36(32)45-50-44(51-46(52-45)43-20-11-12-25-49-43)30-22-24-35-33-14-7-9-18-39(33)47(3,4)41(35)27-30/h7-20,22,24-28H,5-6,21,23H2,1-4H3. The van der Waals surface area contributed by atoms with Crippen LogP contribution in [0.3, 0.4) is 0 Å². The van der Waals surface area contributed by atoms with E-state index in [1.54, 1.807) is 6.20 Å². The van der Waals surface area contributed by atoms with E-state index in [0.717, 1.165) is 42.5 Å². The Kier molecular flexibility index (Phi) is 6.79. The number of hydrogen-bond acceptors (Lipinski definition) is 4. The number of nitrogens with zero attached hydrogens (tertiary/aromatic N) is 4. The molecule has 3 aliphatic rings. The van der Waals surface area contributed by atoms with Gasteiger partial charge in [-0.2, -0.15) is 0 Å². The molecule has 0 aliphatic heterocycles. The number of fused-ring (bicyclic) bond motifs is 9. The molecule has 52 heavy (non-hydrogen) atoms. The zero-order valence-electron chi connectivity index (χ0n) is 30.2. The molecule has 7 aromatic rings. The van der Waals surface area contributed by atoms with Crippen LogP contribution in [0.2, 0.25) is 0 Å². The van der Waals surface area contributed by atoms with Crippen molar-refractivity contribution in [3.05, 3.63) is 155 Å². The summed E-state index contributed by atoms with van der Waals surface area (Å²) in [5.41, 5.74) is 19.1. The van der Waals surface area contributed by atoms with Crippen LogP contribution < -0.4 is 0 Å². The first-order chi connectivity index (χ1) is 25.4. The van der Waals surface area contributed by atoms with Crippen LogP contribution in [-0.2, 0) is 23.7 Å². The Morgan fingerprint density at radius 2 is 1.17 bits per heavy atom. The Balaban J connectivity index is 1.14. The summed E-state index contributed by atoms with van der Waals surface area (Å²) in [4.78, 5) is 20.2. The number of rotatable bonds is 5. The molecule has 10 rings (SSSR count). The number of aryl methyl sites for hydroxylation is 1. The van der Waals surface area contributed by atoms with Crippen LogP contribution in [0.1, 0.15) is 73.9 Å². The Bertz CT molecular complexity index is 2580. The van der Waals surface area contributed by atoms with Gasteiger partial charge in [0.2, 0.25) is 0 Å². The number of pyridine rings is 1. The zero-order valence-corrected chi connectivity index (χ0v) is 30.2. The van der Waals surface area contributed by atoms with Gasteiger partial charge in [0.05, 0.1) is 0 Å². The first-order valence-corrected chi connectivity index (χ1v) is 18.7. The van der Waals surface area contributed by atoms with Gasteiger partial charge >= 0.3 is 0 Å². The highest BCUT2D eigenvalue weighted by atomic mass is 15.0. The molecule has 0 atom stereocenters. The SMILES string of the molecule is CCC1(CC)c2ccccc2-c2cc3c(cc21)-c1cccc(-c2nc(-c4ccc5c(c4)C(C)(C)c4ccccc4-5)nc(-c4ccccn4)n2)c1CC3. The summed E-state index contributed by atoms with van der Waals surface area (Å²) in [6.07, 6.45) is 5.87. The van der Waals surface area contributed by atoms with Crippen LogP contribution >= 0.6 is 0 Å². The van der Waals surface area contributed by atoms with E-state index in [4.69, 9.17) is 15.0 Å². The molecule has 2 aromatic heterocycles. The van der Waals surface area contributed by atoms with Crippen LogP contribution in [-0.4, -0.2) is 19.9 Å². The lowest BCUT2D eigenvalue weighted by Crippen LogP contribution is -2.23. The van der Waals surface area contributed by atoms with Crippen molar-refractivity contribution in [1.82, 2.24) is 19.9 Å². The topological polar surface area (TPSA) is 51.6 Å². The summed E-state index contributed by atoms with van der Waals surface area (Å²) < 4.78 is 0. The molecule has 0 unspecified atom stereocenters. The Labute approximate surface area is 305 Å². The second-order valence-electron chi connectivity index (χ2n) is 15.2. The molecule has 5 aromatic carbocycles. The smallest absolute Gasteiger partial charge is 0.182 e. The molecule has 3 aliphatic carbocycles. The van der Waals surface area contributed by atoms with E-state index >= 15 is 0 Å². The van der Waals surface area contributed by atoms with Crippen LogP contribution in [0.15, 0.2) is 121 Å². The van der Waals surface area contributed by atoms with Crippen molar-refractivity contribution >= 4 is 0 Å². The normalized spacial score (nSPS) is 15.2. The molecule has 0 radical (unpaired) electrons. The molecule has 2 heterocycles. The Morgan fingerprint density at radius 3 is 1.96 bits per heavy atom. The molecule has 0 bridgehead atoms. The maximum atomic E-state index is 5.27. The van der Waals surface area contributed by atoms with Crippen LogP contribution in [0.4, 0.5) is 0 Å². The fourth-order valence-electron chi connectivity index (χ4n) is 9.67. The van der Waals surface area contributed by atoms with E-state index in [0.29, 0.717) is 17.5 Å². The molecule has 4 nitrogen and oxygen atoms in total. The van der Waals surface area contributed by atoms with E-state index in [9.17, 15) is 0 Å². The largest absolute Gasteiger partial charge is 0.253 e. The predicted molar refractivity (Wildman–Crippen MR) is 211 cm³/mol. The van der Waals surface area contributed by atoms with Gasteiger partial charge in [-0.3, -0.25) is 4.98 Å². The quantitative estimate of drug-likeness (QED) is 0.183. The summed E-state index contributed by atoms with van der Waals surface area (Å²) in [5, 5.41) is 0. The molecule has 0 spiro atoms. The third-order valence-electron chi connectivity index (χ3n) is 12.4. The van der Waals surface area contributed by atoms with Gasteiger partial charge in [-0.1, -0.05) is 119 Å². The molecule has 0 saturated heterocycles. The van der Waals surface area contributed by atoms with Gasteiger partial charge in [-0.15, -0.1) is 0 Å². The second kappa shape index (κ2) is 11.4. The first kappa shape index (κ1) is 31.0. The lowest BCUT2D eigenvalue weighted by molar-refractivity contribution is 0.490. The van der Waals surface area contributed by atoms with E-state index in [2.05, 4.69) is 130 Å². The van der Waals surface area contributed by atoms with Gasteiger partial charge in [0.15, 0.2) is 17.5 Å². The van der Waals surface area contributed by atoms with Gasteiger partial charge < -0.3 is 0 Å². The van der Waals surface area contributed by atoms with Crippen LogP contribution in [0, 0.1) is 0 Å². The average Bonchev–Trinajstić information content (AvgIpc) is 3.61. The number of hydrogen-bond donors (Lipinski definition) is 0. The first-order valence-electron chi connectivity index (χ1n) is 18.7. The number of benzene rings is 5. The van der Waals surface area contributed by atoms with Gasteiger partial charge in [-0.25, -0.2) is 15.0 Å².